The molecule has 1 heterocycles. The molecule has 0 fully saturated rings. The Morgan fingerprint density at radius 2 is 1.59 bits per heavy atom. The molecule has 0 spiro atoms. The van der Waals surface area contributed by atoms with Crippen LogP contribution in [0, 0.1) is 0 Å². The number of amides is 1. The summed E-state index contributed by atoms with van der Waals surface area (Å²) >= 11 is 12.2. The second-order valence-electron chi connectivity index (χ2n) is 7.72. The van der Waals surface area contributed by atoms with Gasteiger partial charge in [0.15, 0.2) is 0 Å². The fraction of sp³-hybridized carbons (Fsp3) is 0.154. The van der Waals surface area contributed by atoms with Crippen LogP contribution in [-0.2, 0) is 6.42 Å². The van der Waals surface area contributed by atoms with Gasteiger partial charge in [-0.15, -0.1) is 0 Å². The minimum Gasteiger partial charge on any atom is -0.349 e. The van der Waals surface area contributed by atoms with E-state index in [1.54, 1.807) is 10.9 Å². The number of benzene rings is 3. The molecule has 1 aromatic heterocycles. The van der Waals surface area contributed by atoms with Crippen molar-refractivity contribution in [2.24, 2.45) is 0 Å². The molecule has 3 aromatic carbocycles. The molecule has 0 aliphatic heterocycles. The lowest BCUT2D eigenvalue weighted by molar-refractivity contribution is 0.0934. The third-order valence-corrected chi connectivity index (χ3v) is 6.03. The van der Waals surface area contributed by atoms with E-state index >= 15 is 0 Å². The standard InChI is InChI=1S/C26H23Cl2N3O/c1-18(30-26(32)23-5-2-3-6-25(23)31-16-4-15-29-31)24(20-9-13-22(28)14-10-20)17-19-7-11-21(27)12-8-19/h2-16,18,24H,17H2,1H3,(H,30,32). The molecule has 0 saturated carbocycles. The van der Waals surface area contributed by atoms with Crippen molar-refractivity contribution in [2.45, 2.75) is 25.3 Å². The van der Waals surface area contributed by atoms with Gasteiger partial charge in [-0.2, -0.15) is 5.10 Å². The van der Waals surface area contributed by atoms with E-state index in [4.69, 9.17) is 23.2 Å². The molecule has 0 bridgehead atoms. The van der Waals surface area contributed by atoms with Crippen molar-refractivity contribution < 1.29 is 4.79 Å². The Bertz CT molecular complexity index is 1170. The number of hydrogen-bond acceptors (Lipinski definition) is 2. The van der Waals surface area contributed by atoms with Crippen LogP contribution in [0.3, 0.4) is 0 Å². The summed E-state index contributed by atoms with van der Waals surface area (Å²) in [5.74, 6) is -0.0899. The van der Waals surface area contributed by atoms with Crippen LogP contribution >= 0.6 is 23.2 Å². The molecular weight excluding hydrogens is 441 g/mol. The molecule has 2 atom stereocenters. The highest BCUT2D eigenvalue weighted by molar-refractivity contribution is 6.30. The third-order valence-electron chi connectivity index (χ3n) is 5.53. The van der Waals surface area contributed by atoms with Gasteiger partial charge in [0, 0.05) is 34.4 Å². The SMILES string of the molecule is CC(NC(=O)c1ccccc1-n1cccn1)C(Cc1ccc(Cl)cc1)c1ccc(Cl)cc1. The molecule has 4 aromatic rings. The maximum Gasteiger partial charge on any atom is 0.253 e. The van der Waals surface area contributed by atoms with Gasteiger partial charge in [0.05, 0.1) is 11.3 Å². The number of hydrogen-bond donors (Lipinski definition) is 1. The zero-order valence-corrected chi connectivity index (χ0v) is 19.1. The van der Waals surface area contributed by atoms with Crippen molar-refractivity contribution in [3.8, 4) is 5.69 Å². The van der Waals surface area contributed by atoms with Crippen LogP contribution in [0.5, 0.6) is 0 Å². The van der Waals surface area contributed by atoms with Crippen molar-refractivity contribution in [1.82, 2.24) is 15.1 Å². The molecule has 4 rings (SSSR count). The number of carbonyl (C=O) groups excluding carboxylic acids is 1. The summed E-state index contributed by atoms with van der Waals surface area (Å²) in [6.07, 6.45) is 4.27. The van der Waals surface area contributed by atoms with Gasteiger partial charge in [0.1, 0.15) is 0 Å². The highest BCUT2D eigenvalue weighted by Gasteiger charge is 2.23. The summed E-state index contributed by atoms with van der Waals surface area (Å²) in [6, 6.07) is 24.8. The van der Waals surface area contributed by atoms with Crippen LogP contribution in [-0.4, -0.2) is 21.7 Å². The Morgan fingerprint density at radius 1 is 0.938 bits per heavy atom. The van der Waals surface area contributed by atoms with Gasteiger partial charge in [-0.3, -0.25) is 4.79 Å². The van der Waals surface area contributed by atoms with Crippen LogP contribution in [0.1, 0.15) is 34.3 Å². The topological polar surface area (TPSA) is 46.9 Å². The van der Waals surface area contributed by atoms with E-state index in [1.165, 1.54) is 0 Å². The van der Waals surface area contributed by atoms with Crippen molar-refractivity contribution in [2.75, 3.05) is 0 Å². The molecule has 0 aliphatic carbocycles. The summed E-state index contributed by atoms with van der Waals surface area (Å²) in [4.78, 5) is 13.3. The van der Waals surface area contributed by atoms with Gasteiger partial charge < -0.3 is 5.32 Å². The smallest absolute Gasteiger partial charge is 0.253 e. The van der Waals surface area contributed by atoms with Crippen LogP contribution in [0.25, 0.3) is 5.69 Å². The summed E-state index contributed by atoms with van der Waals surface area (Å²) in [6.45, 7) is 2.03. The van der Waals surface area contributed by atoms with Crippen LogP contribution in [0.4, 0.5) is 0 Å². The maximum atomic E-state index is 13.3. The lowest BCUT2D eigenvalue weighted by atomic mass is 9.86. The first-order valence-electron chi connectivity index (χ1n) is 10.4. The number of nitrogens with one attached hydrogen (secondary N) is 1. The number of nitrogens with zero attached hydrogens (tertiary/aromatic N) is 2. The third kappa shape index (κ3) is 5.21. The van der Waals surface area contributed by atoms with Gasteiger partial charge in [-0.05, 0) is 66.9 Å². The molecule has 1 amide bonds. The van der Waals surface area contributed by atoms with Crippen molar-refractivity contribution in [3.05, 3.63) is 118 Å². The molecule has 0 saturated heterocycles. The first kappa shape index (κ1) is 22.1. The number of halogens is 2. The van der Waals surface area contributed by atoms with Gasteiger partial charge >= 0.3 is 0 Å². The Morgan fingerprint density at radius 3 is 2.25 bits per heavy atom. The molecule has 32 heavy (non-hydrogen) atoms. The van der Waals surface area contributed by atoms with Gasteiger partial charge in [-0.25, -0.2) is 4.68 Å². The van der Waals surface area contributed by atoms with E-state index in [2.05, 4.69) is 10.4 Å². The Balaban J connectivity index is 1.60. The second kappa shape index (κ2) is 10.0. The van der Waals surface area contributed by atoms with E-state index < -0.39 is 0 Å². The molecule has 162 valence electrons. The number of para-hydroxylation sites is 1. The number of carbonyl (C=O) groups is 1. The van der Waals surface area contributed by atoms with E-state index in [0.29, 0.717) is 15.6 Å². The zero-order chi connectivity index (χ0) is 22.5. The van der Waals surface area contributed by atoms with Crippen LogP contribution in [0.15, 0.2) is 91.3 Å². The summed E-state index contributed by atoms with van der Waals surface area (Å²) in [5, 5.41) is 8.87. The van der Waals surface area contributed by atoms with E-state index in [9.17, 15) is 4.79 Å². The van der Waals surface area contributed by atoms with Crippen molar-refractivity contribution >= 4 is 29.1 Å². The Kier molecular flexibility index (Phi) is 6.93. The van der Waals surface area contributed by atoms with Crippen LogP contribution in [0.2, 0.25) is 10.0 Å². The lowest BCUT2D eigenvalue weighted by Crippen LogP contribution is -2.38. The highest BCUT2D eigenvalue weighted by atomic mass is 35.5. The Hall–Kier alpha value is -3.08. The zero-order valence-electron chi connectivity index (χ0n) is 17.6. The van der Waals surface area contributed by atoms with Crippen LogP contribution < -0.4 is 5.32 Å². The summed E-state index contributed by atoms with van der Waals surface area (Å²) in [5.41, 5.74) is 3.57. The predicted molar refractivity (Wildman–Crippen MR) is 130 cm³/mol. The quantitative estimate of drug-likeness (QED) is 0.348. The fourth-order valence-corrected chi connectivity index (χ4v) is 4.08. The highest BCUT2D eigenvalue weighted by Crippen LogP contribution is 2.27. The minimum absolute atomic E-state index is 0.0502. The molecule has 6 heteroatoms. The van der Waals surface area contributed by atoms with Gasteiger partial charge in [-0.1, -0.05) is 59.6 Å². The first-order valence-corrected chi connectivity index (χ1v) is 11.2. The summed E-state index contributed by atoms with van der Waals surface area (Å²) in [7, 11) is 0. The lowest BCUT2D eigenvalue weighted by Gasteiger charge is -2.26. The number of rotatable bonds is 7. The molecule has 1 N–H and O–H groups in total. The molecule has 0 aliphatic rings. The first-order chi connectivity index (χ1) is 15.5. The molecule has 0 radical (unpaired) electrons. The molecular formula is C26H23Cl2N3O. The second-order valence-corrected chi connectivity index (χ2v) is 8.59. The van der Waals surface area contributed by atoms with E-state index in [-0.39, 0.29) is 17.9 Å². The molecule has 2 unspecified atom stereocenters. The Labute approximate surface area is 197 Å². The average molecular weight is 464 g/mol. The largest absolute Gasteiger partial charge is 0.349 e. The normalized spacial score (nSPS) is 12.8. The minimum atomic E-state index is -0.140. The monoisotopic (exact) mass is 463 g/mol. The van der Waals surface area contributed by atoms with Crippen molar-refractivity contribution in [3.63, 3.8) is 0 Å². The van der Waals surface area contributed by atoms with Crippen molar-refractivity contribution in [1.29, 1.82) is 0 Å². The summed E-state index contributed by atoms with van der Waals surface area (Å²) < 4.78 is 1.70. The van der Waals surface area contributed by atoms with E-state index in [0.717, 1.165) is 23.2 Å². The molecule has 4 nitrogen and oxygen atoms in total. The predicted octanol–water partition coefficient (Wildman–Crippen LogP) is 6.32. The average Bonchev–Trinajstić information content (AvgIpc) is 3.34. The fourth-order valence-electron chi connectivity index (χ4n) is 3.83. The number of aromatic nitrogens is 2. The maximum absolute atomic E-state index is 13.3. The van der Waals surface area contributed by atoms with Gasteiger partial charge in [0.25, 0.3) is 5.91 Å². The van der Waals surface area contributed by atoms with E-state index in [1.807, 2.05) is 92.0 Å². The van der Waals surface area contributed by atoms with Gasteiger partial charge in [0.2, 0.25) is 0 Å².